The second-order valence-electron chi connectivity index (χ2n) is 9.15. The fourth-order valence-corrected chi connectivity index (χ4v) is 4.79. The fourth-order valence-electron chi connectivity index (χ4n) is 4.79. The van der Waals surface area contributed by atoms with Crippen LogP contribution in [0.25, 0.3) is 33.5 Å². The zero-order valence-electron chi connectivity index (χ0n) is 21.1. The monoisotopic (exact) mass is 512 g/mol. The van der Waals surface area contributed by atoms with Crippen LogP contribution in [0.15, 0.2) is 136 Å². The van der Waals surface area contributed by atoms with Gasteiger partial charge in [0.25, 0.3) is 11.1 Å². The van der Waals surface area contributed by atoms with Crippen molar-refractivity contribution in [2.45, 2.75) is 0 Å². The minimum atomic E-state index is -0.565. The number of hydrogen-bond acceptors (Lipinski definition) is 4. The van der Waals surface area contributed by atoms with Crippen molar-refractivity contribution in [3.63, 3.8) is 0 Å². The highest BCUT2D eigenvalue weighted by Gasteiger charge is 2.21. The lowest BCUT2D eigenvalue weighted by Gasteiger charge is -2.19. The molecule has 7 nitrogen and oxygen atoms in total. The van der Waals surface area contributed by atoms with E-state index in [1.807, 2.05) is 66.7 Å². The van der Waals surface area contributed by atoms with Crippen molar-refractivity contribution in [2.24, 2.45) is 7.05 Å². The van der Waals surface area contributed by atoms with Gasteiger partial charge in [-0.25, -0.2) is 13.9 Å². The van der Waals surface area contributed by atoms with E-state index >= 15 is 0 Å². The Morgan fingerprint density at radius 1 is 0.590 bits per heavy atom. The Labute approximate surface area is 223 Å². The van der Waals surface area contributed by atoms with Crippen LogP contribution in [0.4, 0.5) is 11.4 Å². The number of rotatable bonds is 5. The molecular formula is C32H24N4O3. The van der Waals surface area contributed by atoms with Crippen LogP contribution in [-0.4, -0.2) is 13.7 Å². The molecule has 6 aromatic rings. The molecule has 0 spiro atoms. The average Bonchev–Trinajstić information content (AvgIpc) is 2.97. The van der Waals surface area contributed by atoms with Gasteiger partial charge in [0.2, 0.25) is 0 Å². The zero-order valence-corrected chi connectivity index (χ0v) is 21.1. The minimum absolute atomic E-state index is 0.208. The molecule has 2 heterocycles. The van der Waals surface area contributed by atoms with Crippen molar-refractivity contribution in [2.75, 3.05) is 5.32 Å². The summed E-state index contributed by atoms with van der Waals surface area (Å²) in [7, 11) is 1.56. The van der Waals surface area contributed by atoms with Crippen LogP contribution in [0.3, 0.4) is 0 Å². The zero-order chi connectivity index (χ0) is 26.9. The largest absolute Gasteiger partial charge is 0.355 e. The van der Waals surface area contributed by atoms with Crippen LogP contribution in [0.5, 0.6) is 0 Å². The topological polar surface area (TPSA) is 78.0 Å². The van der Waals surface area contributed by atoms with Gasteiger partial charge in [-0.05, 0) is 47.5 Å². The summed E-state index contributed by atoms with van der Waals surface area (Å²) in [6.45, 7) is 0. The molecule has 0 aliphatic heterocycles. The van der Waals surface area contributed by atoms with Crippen molar-refractivity contribution >= 4 is 22.4 Å². The van der Waals surface area contributed by atoms with Crippen molar-refractivity contribution in [3.8, 4) is 22.5 Å². The highest BCUT2D eigenvalue weighted by atomic mass is 16.2. The van der Waals surface area contributed by atoms with Gasteiger partial charge in [0.1, 0.15) is 11.0 Å². The highest BCUT2D eigenvalue weighted by Crippen LogP contribution is 2.26. The number of hydrogen-bond donors (Lipinski definition) is 1. The average molecular weight is 513 g/mol. The molecule has 190 valence electrons. The molecule has 1 N–H and O–H groups in total. The molecule has 0 amide bonds. The van der Waals surface area contributed by atoms with Crippen molar-refractivity contribution in [1.29, 1.82) is 0 Å². The van der Waals surface area contributed by atoms with Gasteiger partial charge in [-0.3, -0.25) is 14.2 Å². The first-order valence-corrected chi connectivity index (χ1v) is 12.5. The second kappa shape index (κ2) is 9.79. The van der Waals surface area contributed by atoms with Gasteiger partial charge in [0, 0.05) is 18.8 Å². The van der Waals surface area contributed by atoms with E-state index in [1.54, 1.807) is 55.6 Å². The van der Waals surface area contributed by atoms with Crippen molar-refractivity contribution in [1.82, 2.24) is 13.7 Å². The number of aromatic nitrogens is 3. The number of nitrogens with zero attached hydrogens (tertiary/aromatic N) is 3. The lowest BCUT2D eigenvalue weighted by molar-refractivity contribution is 0.784. The molecule has 0 atom stereocenters. The van der Waals surface area contributed by atoms with E-state index < -0.39 is 11.2 Å². The summed E-state index contributed by atoms with van der Waals surface area (Å²) < 4.78 is 3.89. The molecule has 0 radical (unpaired) electrons. The summed E-state index contributed by atoms with van der Waals surface area (Å²) >= 11 is 0. The summed E-state index contributed by atoms with van der Waals surface area (Å²) in [6, 6.07) is 36.9. The number of para-hydroxylation sites is 2. The summed E-state index contributed by atoms with van der Waals surface area (Å²) in [4.78, 5) is 41.1. The quantitative estimate of drug-likeness (QED) is 0.342. The molecular weight excluding hydrogens is 488 g/mol. The Bertz CT molecular complexity index is 1980. The van der Waals surface area contributed by atoms with Crippen LogP contribution >= 0.6 is 0 Å². The molecule has 2 aromatic heterocycles. The Morgan fingerprint density at radius 2 is 1.10 bits per heavy atom. The lowest BCUT2D eigenvalue weighted by Crippen LogP contribution is -2.40. The molecule has 0 aliphatic carbocycles. The molecule has 7 heteroatoms. The molecule has 0 fully saturated rings. The molecule has 6 rings (SSSR count). The first-order valence-electron chi connectivity index (χ1n) is 12.5. The van der Waals surface area contributed by atoms with Gasteiger partial charge in [0.05, 0.1) is 17.1 Å². The van der Waals surface area contributed by atoms with Crippen LogP contribution in [0, 0.1) is 0 Å². The number of fused-ring (bicyclic) bond motifs is 1. The van der Waals surface area contributed by atoms with Gasteiger partial charge in [-0.15, -0.1) is 0 Å². The Balaban J connectivity index is 1.62. The lowest BCUT2D eigenvalue weighted by atomic mass is 10.1. The van der Waals surface area contributed by atoms with Gasteiger partial charge >= 0.3 is 5.69 Å². The molecule has 39 heavy (non-hydrogen) atoms. The van der Waals surface area contributed by atoms with E-state index in [1.165, 1.54) is 15.2 Å². The van der Waals surface area contributed by atoms with Crippen molar-refractivity contribution in [3.05, 3.63) is 153 Å². The predicted octanol–water partition coefficient (Wildman–Crippen LogP) is 5.25. The number of nitrogens with one attached hydrogen (secondary N) is 1. The van der Waals surface area contributed by atoms with Crippen LogP contribution in [0.1, 0.15) is 0 Å². The van der Waals surface area contributed by atoms with Gasteiger partial charge < -0.3 is 5.32 Å². The van der Waals surface area contributed by atoms with Crippen LogP contribution in [-0.2, 0) is 7.05 Å². The Morgan fingerprint density at radius 3 is 1.69 bits per heavy atom. The third-order valence-corrected chi connectivity index (χ3v) is 6.72. The number of aryl methyl sites for hydroxylation is 1. The van der Waals surface area contributed by atoms with E-state index in [-0.39, 0.29) is 16.6 Å². The summed E-state index contributed by atoms with van der Waals surface area (Å²) in [5.74, 6) is 0. The summed E-state index contributed by atoms with van der Waals surface area (Å²) in [5.41, 5.74) is 2.89. The molecule has 0 bridgehead atoms. The van der Waals surface area contributed by atoms with Gasteiger partial charge in [-0.2, -0.15) is 0 Å². The minimum Gasteiger partial charge on any atom is -0.355 e. The molecule has 0 saturated carbocycles. The third-order valence-electron chi connectivity index (χ3n) is 6.72. The smallest absolute Gasteiger partial charge is 0.341 e. The Kier molecular flexibility index (Phi) is 6.01. The normalized spacial score (nSPS) is 11.0. The first kappa shape index (κ1) is 23.9. The third kappa shape index (κ3) is 4.26. The number of benzene rings is 4. The maximum Gasteiger partial charge on any atom is 0.341 e. The maximum absolute atomic E-state index is 14.0. The standard InChI is InChI=1S/C32H24N4O3/c1-34-28(37)21-27(33-24-19-17-23(18-20-24)22-11-5-2-6-12-22)29-30(34)35(25-13-7-3-8-14-25)32(39)36(31(29)38)26-15-9-4-10-16-26/h2-21,33H,1H3. The van der Waals surface area contributed by atoms with Crippen LogP contribution < -0.4 is 22.1 Å². The van der Waals surface area contributed by atoms with Crippen molar-refractivity contribution < 1.29 is 0 Å². The van der Waals surface area contributed by atoms with E-state index in [0.29, 0.717) is 22.7 Å². The molecule has 0 aliphatic rings. The van der Waals surface area contributed by atoms with Gasteiger partial charge in [0.15, 0.2) is 0 Å². The highest BCUT2D eigenvalue weighted by molar-refractivity contribution is 5.91. The fraction of sp³-hybridized carbons (Fsp3) is 0.0312. The SMILES string of the molecule is Cn1c(=O)cc(Nc2ccc(-c3ccccc3)cc2)c2c(=O)n(-c3ccccc3)c(=O)n(-c3ccccc3)c21. The van der Waals surface area contributed by atoms with Crippen LogP contribution in [0.2, 0.25) is 0 Å². The molecule has 0 unspecified atom stereocenters. The summed E-state index contributed by atoms with van der Waals surface area (Å²) in [6.07, 6.45) is 0. The second-order valence-corrected chi connectivity index (χ2v) is 9.15. The summed E-state index contributed by atoms with van der Waals surface area (Å²) in [5, 5.41) is 3.49. The molecule has 0 saturated heterocycles. The van der Waals surface area contributed by atoms with E-state index in [9.17, 15) is 14.4 Å². The predicted molar refractivity (Wildman–Crippen MR) is 156 cm³/mol. The number of anilines is 2. The first-order chi connectivity index (χ1) is 19.0. The van der Waals surface area contributed by atoms with E-state index in [4.69, 9.17) is 0 Å². The molecule has 4 aromatic carbocycles. The van der Waals surface area contributed by atoms with E-state index in [2.05, 4.69) is 5.32 Å². The maximum atomic E-state index is 14.0. The Hall–Kier alpha value is -5.43. The van der Waals surface area contributed by atoms with Gasteiger partial charge in [-0.1, -0.05) is 78.9 Å². The van der Waals surface area contributed by atoms with E-state index in [0.717, 1.165) is 15.7 Å². The number of pyridine rings is 1.